The number of fused-ring (bicyclic) bond motifs is 1. The topological polar surface area (TPSA) is 26.3 Å². The van der Waals surface area contributed by atoms with E-state index in [1.54, 1.807) is 14.0 Å². The molecule has 1 aliphatic carbocycles. The normalized spacial score (nSPS) is 13.9. The summed E-state index contributed by atoms with van der Waals surface area (Å²) in [5.74, 6) is 0.801. The second kappa shape index (κ2) is 3.45. The van der Waals surface area contributed by atoms with Crippen LogP contribution >= 0.6 is 0 Å². The number of Topliss-reactive ketones (excluding diaryl/α,β-unsaturated/α-hetero) is 1. The zero-order valence-corrected chi connectivity index (χ0v) is 8.59. The van der Waals surface area contributed by atoms with Crippen LogP contribution in [0.4, 0.5) is 0 Å². The lowest BCUT2D eigenvalue weighted by Gasteiger charge is -2.08. The molecule has 2 nitrogen and oxygen atoms in total. The van der Waals surface area contributed by atoms with Gasteiger partial charge in [0.15, 0.2) is 5.78 Å². The number of benzene rings is 1. The fourth-order valence-corrected chi connectivity index (χ4v) is 2.05. The number of aryl methyl sites for hydroxylation is 2. The number of ether oxygens (including phenoxy) is 1. The molecule has 1 aromatic carbocycles. The van der Waals surface area contributed by atoms with E-state index in [-0.39, 0.29) is 5.78 Å². The van der Waals surface area contributed by atoms with E-state index in [1.165, 1.54) is 17.5 Å². The van der Waals surface area contributed by atoms with Crippen molar-refractivity contribution in [3.8, 4) is 5.75 Å². The molecule has 0 radical (unpaired) electrons. The molecule has 2 rings (SSSR count). The molecule has 0 N–H and O–H groups in total. The minimum Gasteiger partial charge on any atom is -0.496 e. The van der Waals surface area contributed by atoms with Gasteiger partial charge in [0.05, 0.1) is 12.7 Å². The fraction of sp³-hybridized carbons (Fsp3) is 0.417. The Morgan fingerprint density at radius 2 is 1.93 bits per heavy atom. The number of rotatable bonds is 2. The van der Waals surface area contributed by atoms with E-state index in [1.807, 2.05) is 12.1 Å². The van der Waals surface area contributed by atoms with Crippen molar-refractivity contribution in [1.82, 2.24) is 0 Å². The van der Waals surface area contributed by atoms with Gasteiger partial charge in [-0.3, -0.25) is 4.79 Å². The third-order valence-electron chi connectivity index (χ3n) is 2.79. The summed E-state index contributed by atoms with van der Waals surface area (Å²) in [5.41, 5.74) is 3.37. The Balaban J connectivity index is 2.54. The van der Waals surface area contributed by atoms with Crippen LogP contribution in [-0.2, 0) is 12.8 Å². The van der Waals surface area contributed by atoms with Crippen LogP contribution in [0.25, 0.3) is 0 Å². The van der Waals surface area contributed by atoms with Crippen LogP contribution in [-0.4, -0.2) is 12.9 Å². The van der Waals surface area contributed by atoms with Crippen molar-refractivity contribution in [2.24, 2.45) is 0 Å². The average Bonchev–Trinajstić information content (AvgIpc) is 2.62. The number of carbonyl (C=O) groups is 1. The molecule has 0 heterocycles. The van der Waals surface area contributed by atoms with Crippen LogP contribution in [0, 0.1) is 0 Å². The maximum Gasteiger partial charge on any atom is 0.163 e. The van der Waals surface area contributed by atoms with E-state index in [4.69, 9.17) is 4.74 Å². The quantitative estimate of drug-likeness (QED) is 0.669. The number of hydrogen-bond donors (Lipinski definition) is 0. The van der Waals surface area contributed by atoms with Crippen molar-refractivity contribution in [2.45, 2.75) is 26.2 Å². The van der Waals surface area contributed by atoms with Crippen LogP contribution in [0.1, 0.15) is 34.8 Å². The second-order valence-corrected chi connectivity index (χ2v) is 3.73. The molecule has 74 valence electrons. The summed E-state index contributed by atoms with van der Waals surface area (Å²) in [7, 11) is 1.61. The average molecular weight is 190 g/mol. The van der Waals surface area contributed by atoms with Gasteiger partial charge in [-0.05, 0) is 49.4 Å². The van der Waals surface area contributed by atoms with Gasteiger partial charge < -0.3 is 4.74 Å². The highest BCUT2D eigenvalue weighted by atomic mass is 16.5. The van der Waals surface area contributed by atoms with Gasteiger partial charge in [0.1, 0.15) is 5.75 Å². The van der Waals surface area contributed by atoms with Gasteiger partial charge in [0.2, 0.25) is 0 Å². The van der Waals surface area contributed by atoms with Crippen molar-refractivity contribution in [1.29, 1.82) is 0 Å². The van der Waals surface area contributed by atoms with Crippen molar-refractivity contribution in [3.05, 3.63) is 28.8 Å². The van der Waals surface area contributed by atoms with Crippen LogP contribution in [0.15, 0.2) is 12.1 Å². The molecule has 0 aromatic heterocycles. The highest BCUT2D eigenvalue weighted by Crippen LogP contribution is 2.29. The predicted octanol–water partition coefficient (Wildman–Crippen LogP) is 2.39. The molecule has 14 heavy (non-hydrogen) atoms. The molecule has 0 atom stereocenters. The minimum atomic E-state index is 0.0801. The maximum absolute atomic E-state index is 11.3. The highest BCUT2D eigenvalue weighted by Gasteiger charge is 2.16. The Bertz CT molecular complexity index is 380. The Morgan fingerprint density at radius 1 is 1.29 bits per heavy atom. The van der Waals surface area contributed by atoms with E-state index in [0.29, 0.717) is 5.56 Å². The van der Waals surface area contributed by atoms with E-state index >= 15 is 0 Å². The first-order valence-electron chi connectivity index (χ1n) is 4.93. The van der Waals surface area contributed by atoms with Crippen molar-refractivity contribution >= 4 is 5.78 Å². The zero-order valence-electron chi connectivity index (χ0n) is 8.59. The fourth-order valence-electron chi connectivity index (χ4n) is 2.05. The number of methoxy groups -OCH3 is 1. The summed E-state index contributed by atoms with van der Waals surface area (Å²) in [6.07, 6.45) is 3.41. The molecule has 0 fully saturated rings. The lowest BCUT2D eigenvalue weighted by molar-refractivity contribution is 0.101. The van der Waals surface area contributed by atoms with Gasteiger partial charge in [-0.2, -0.15) is 0 Å². The first-order valence-corrected chi connectivity index (χ1v) is 4.93. The molecule has 0 saturated carbocycles. The molecular formula is C12H14O2. The lowest BCUT2D eigenvalue weighted by Crippen LogP contribution is -1.99. The van der Waals surface area contributed by atoms with Crippen LogP contribution in [0.2, 0.25) is 0 Å². The third-order valence-corrected chi connectivity index (χ3v) is 2.79. The summed E-state index contributed by atoms with van der Waals surface area (Å²) in [5, 5.41) is 0. The molecule has 0 unspecified atom stereocenters. The second-order valence-electron chi connectivity index (χ2n) is 3.73. The van der Waals surface area contributed by atoms with Crippen molar-refractivity contribution < 1.29 is 9.53 Å². The highest BCUT2D eigenvalue weighted by molar-refractivity contribution is 5.97. The first kappa shape index (κ1) is 9.25. The van der Waals surface area contributed by atoms with E-state index < -0.39 is 0 Å². The monoisotopic (exact) mass is 190 g/mol. The number of ketones is 1. The Labute approximate surface area is 83.9 Å². The zero-order chi connectivity index (χ0) is 10.1. The van der Waals surface area contributed by atoms with Crippen LogP contribution in [0.3, 0.4) is 0 Å². The molecule has 0 bridgehead atoms. The van der Waals surface area contributed by atoms with Crippen molar-refractivity contribution in [3.63, 3.8) is 0 Å². The smallest absolute Gasteiger partial charge is 0.163 e. The summed E-state index contributed by atoms with van der Waals surface area (Å²) in [6.45, 7) is 1.58. The number of hydrogen-bond acceptors (Lipinski definition) is 2. The Hall–Kier alpha value is -1.31. The molecule has 0 amide bonds. The minimum absolute atomic E-state index is 0.0801. The number of carbonyl (C=O) groups excluding carboxylic acids is 1. The molecule has 0 saturated heterocycles. The van der Waals surface area contributed by atoms with Gasteiger partial charge in [0.25, 0.3) is 0 Å². The van der Waals surface area contributed by atoms with Crippen LogP contribution < -0.4 is 4.74 Å². The molecular weight excluding hydrogens is 176 g/mol. The van der Waals surface area contributed by atoms with Gasteiger partial charge in [-0.1, -0.05) is 0 Å². The third kappa shape index (κ3) is 1.41. The lowest BCUT2D eigenvalue weighted by atomic mass is 10.0. The summed E-state index contributed by atoms with van der Waals surface area (Å²) in [4.78, 5) is 11.3. The van der Waals surface area contributed by atoms with E-state index in [0.717, 1.165) is 18.6 Å². The maximum atomic E-state index is 11.3. The van der Waals surface area contributed by atoms with Gasteiger partial charge >= 0.3 is 0 Å². The van der Waals surface area contributed by atoms with Gasteiger partial charge in [0, 0.05) is 0 Å². The Kier molecular flexibility index (Phi) is 2.28. The molecule has 0 spiro atoms. The van der Waals surface area contributed by atoms with Gasteiger partial charge in [-0.25, -0.2) is 0 Å². The summed E-state index contributed by atoms with van der Waals surface area (Å²) < 4.78 is 5.21. The first-order chi connectivity index (χ1) is 6.72. The standard InChI is InChI=1S/C12H14O2/c1-8(13)11-6-9-4-3-5-10(9)7-12(11)14-2/h6-7H,3-5H2,1-2H3. The summed E-state index contributed by atoms with van der Waals surface area (Å²) in [6, 6.07) is 4.00. The Morgan fingerprint density at radius 3 is 2.50 bits per heavy atom. The molecule has 1 aliphatic rings. The largest absolute Gasteiger partial charge is 0.496 e. The van der Waals surface area contributed by atoms with Crippen molar-refractivity contribution in [2.75, 3.05) is 7.11 Å². The predicted molar refractivity (Wildman–Crippen MR) is 55.0 cm³/mol. The molecule has 1 aromatic rings. The van der Waals surface area contributed by atoms with Crippen LogP contribution in [0.5, 0.6) is 5.75 Å². The SMILES string of the molecule is COc1cc2c(cc1C(C)=O)CCC2. The van der Waals surface area contributed by atoms with E-state index in [9.17, 15) is 4.79 Å². The molecule has 2 heteroatoms. The van der Waals surface area contributed by atoms with E-state index in [2.05, 4.69) is 0 Å². The van der Waals surface area contributed by atoms with Gasteiger partial charge in [-0.15, -0.1) is 0 Å². The summed E-state index contributed by atoms with van der Waals surface area (Å²) >= 11 is 0. The molecule has 0 aliphatic heterocycles.